The van der Waals surface area contributed by atoms with Gasteiger partial charge in [-0.3, -0.25) is 4.79 Å². The van der Waals surface area contributed by atoms with Crippen molar-refractivity contribution in [2.75, 3.05) is 25.5 Å². The molecule has 1 heterocycles. The molecule has 6 nitrogen and oxygen atoms in total. The molecule has 0 atom stereocenters. The average Bonchev–Trinajstić information content (AvgIpc) is 2.66. The summed E-state index contributed by atoms with van der Waals surface area (Å²) < 4.78 is 5.33. The van der Waals surface area contributed by atoms with Crippen LogP contribution >= 0.6 is 0 Å². The lowest BCUT2D eigenvalue weighted by Crippen LogP contribution is -2.33. The maximum absolute atomic E-state index is 12.5. The fraction of sp³-hybridized carbons (Fsp3) is 0.421. The van der Waals surface area contributed by atoms with E-state index in [1.165, 1.54) is 6.20 Å². The number of anilines is 1. The summed E-state index contributed by atoms with van der Waals surface area (Å²) in [7, 11) is 1.65. The predicted molar refractivity (Wildman–Crippen MR) is 98.8 cm³/mol. The number of nitrogens with zero attached hydrogens (tertiary/aromatic N) is 3. The average molecular weight is 342 g/mol. The summed E-state index contributed by atoms with van der Waals surface area (Å²) in [5.74, 6) is 1.39. The first-order valence-electron chi connectivity index (χ1n) is 8.66. The number of hydrogen-bond donors (Lipinski definition) is 1. The highest BCUT2D eigenvalue weighted by molar-refractivity contribution is 5.92. The third-order valence-corrected chi connectivity index (χ3v) is 3.80. The van der Waals surface area contributed by atoms with Crippen LogP contribution in [-0.4, -0.2) is 41.0 Å². The van der Waals surface area contributed by atoms with Crippen LogP contribution in [0.5, 0.6) is 5.75 Å². The summed E-state index contributed by atoms with van der Waals surface area (Å²) in [6.07, 6.45) is 4.99. The second kappa shape index (κ2) is 9.61. The number of ether oxygens (including phenoxy) is 1. The van der Waals surface area contributed by atoms with Gasteiger partial charge < -0.3 is 15.0 Å². The Kier molecular flexibility index (Phi) is 7.19. The van der Waals surface area contributed by atoms with Gasteiger partial charge in [0.1, 0.15) is 17.3 Å². The lowest BCUT2D eigenvalue weighted by Gasteiger charge is -2.20. The van der Waals surface area contributed by atoms with Crippen LogP contribution in [0.1, 0.15) is 42.7 Å². The molecule has 2 rings (SSSR count). The lowest BCUT2D eigenvalue weighted by atomic mass is 10.2. The summed E-state index contributed by atoms with van der Waals surface area (Å²) in [5.41, 5.74) is 1.41. The number of rotatable bonds is 9. The second-order valence-corrected chi connectivity index (χ2v) is 5.74. The number of nitrogens with one attached hydrogen (secondary N) is 1. The molecule has 0 unspecified atom stereocenters. The van der Waals surface area contributed by atoms with E-state index in [4.69, 9.17) is 4.74 Å². The zero-order valence-electron chi connectivity index (χ0n) is 15.2. The van der Waals surface area contributed by atoms with Gasteiger partial charge in [-0.1, -0.05) is 32.0 Å². The summed E-state index contributed by atoms with van der Waals surface area (Å²) >= 11 is 0. The number of benzene rings is 1. The van der Waals surface area contributed by atoms with Crippen LogP contribution in [0.25, 0.3) is 0 Å². The van der Waals surface area contributed by atoms with Gasteiger partial charge in [-0.15, -0.1) is 0 Å². The molecule has 1 aromatic carbocycles. The maximum atomic E-state index is 12.5. The molecule has 1 aromatic heterocycles. The van der Waals surface area contributed by atoms with Crippen molar-refractivity contribution in [1.82, 2.24) is 14.9 Å². The first kappa shape index (κ1) is 18.7. The largest absolute Gasteiger partial charge is 0.496 e. The monoisotopic (exact) mass is 342 g/mol. The highest BCUT2D eigenvalue weighted by Crippen LogP contribution is 2.18. The van der Waals surface area contributed by atoms with Crippen LogP contribution in [0.2, 0.25) is 0 Å². The van der Waals surface area contributed by atoms with E-state index >= 15 is 0 Å². The molecule has 0 saturated carbocycles. The van der Waals surface area contributed by atoms with E-state index in [0.717, 1.165) is 37.2 Å². The van der Waals surface area contributed by atoms with Gasteiger partial charge in [0.05, 0.1) is 19.5 Å². The molecule has 0 bridgehead atoms. The molecule has 134 valence electrons. The number of methoxy groups -OCH3 is 1. The molecular weight excluding hydrogens is 316 g/mol. The van der Waals surface area contributed by atoms with E-state index in [1.54, 1.807) is 13.3 Å². The molecule has 0 saturated heterocycles. The quantitative estimate of drug-likeness (QED) is 0.757. The normalized spacial score (nSPS) is 10.4. The molecule has 0 spiro atoms. The van der Waals surface area contributed by atoms with E-state index in [-0.39, 0.29) is 5.91 Å². The topological polar surface area (TPSA) is 67.4 Å². The molecule has 0 radical (unpaired) electrons. The Balaban J connectivity index is 2.00. The highest BCUT2D eigenvalue weighted by Gasteiger charge is 2.16. The molecule has 0 aliphatic heterocycles. The molecule has 6 heteroatoms. The Morgan fingerprint density at radius 1 is 1.12 bits per heavy atom. The van der Waals surface area contributed by atoms with Crippen LogP contribution in [-0.2, 0) is 6.54 Å². The van der Waals surface area contributed by atoms with Crippen LogP contribution < -0.4 is 10.1 Å². The van der Waals surface area contributed by atoms with Crippen LogP contribution in [0, 0.1) is 0 Å². The van der Waals surface area contributed by atoms with E-state index in [2.05, 4.69) is 29.1 Å². The molecule has 0 aliphatic carbocycles. The fourth-order valence-electron chi connectivity index (χ4n) is 2.58. The van der Waals surface area contributed by atoms with Crippen molar-refractivity contribution < 1.29 is 9.53 Å². The number of amides is 1. The van der Waals surface area contributed by atoms with Crippen molar-refractivity contribution in [3.63, 3.8) is 0 Å². The van der Waals surface area contributed by atoms with E-state index < -0.39 is 0 Å². The Bertz CT molecular complexity index is 667. The van der Waals surface area contributed by atoms with E-state index in [9.17, 15) is 4.79 Å². The van der Waals surface area contributed by atoms with Gasteiger partial charge in [0.15, 0.2) is 0 Å². The van der Waals surface area contributed by atoms with Crippen molar-refractivity contribution in [2.45, 2.75) is 33.2 Å². The van der Waals surface area contributed by atoms with E-state index in [0.29, 0.717) is 18.1 Å². The molecule has 0 aliphatic rings. The standard InChI is InChI=1S/C19H26N4O2/c1-4-10-23(11-5-2)19(24)16-13-22-18(14-20-16)21-12-15-8-6-7-9-17(15)25-3/h6-9,13-14H,4-5,10-12H2,1-3H3,(H,21,22). The van der Waals surface area contributed by atoms with Crippen molar-refractivity contribution in [1.29, 1.82) is 0 Å². The van der Waals surface area contributed by atoms with Gasteiger partial charge >= 0.3 is 0 Å². The van der Waals surface area contributed by atoms with Crippen molar-refractivity contribution in [3.05, 3.63) is 47.9 Å². The van der Waals surface area contributed by atoms with Gasteiger partial charge in [0.25, 0.3) is 5.91 Å². The van der Waals surface area contributed by atoms with Crippen LogP contribution in [0.15, 0.2) is 36.7 Å². The number of hydrogen-bond acceptors (Lipinski definition) is 5. The SMILES string of the molecule is CCCN(CCC)C(=O)c1cnc(NCc2ccccc2OC)cn1. The van der Waals surface area contributed by atoms with Gasteiger partial charge in [-0.05, 0) is 18.9 Å². The summed E-state index contributed by atoms with van der Waals surface area (Å²) in [6, 6.07) is 7.80. The Labute approximate surface area is 149 Å². The Morgan fingerprint density at radius 2 is 1.84 bits per heavy atom. The third kappa shape index (κ3) is 5.17. The molecule has 1 amide bonds. The highest BCUT2D eigenvalue weighted by atomic mass is 16.5. The lowest BCUT2D eigenvalue weighted by molar-refractivity contribution is 0.0749. The zero-order chi connectivity index (χ0) is 18.1. The number of carbonyl (C=O) groups is 1. The molecule has 25 heavy (non-hydrogen) atoms. The van der Waals surface area contributed by atoms with Crippen molar-refractivity contribution in [3.8, 4) is 5.75 Å². The minimum absolute atomic E-state index is 0.0625. The first-order chi connectivity index (χ1) is 12.2. The smallest absolute Gasteiger partial charge is 0.274 e. The predicted octanol–water partition coefficient (Wildman–Crippen LogP) is 3.36. The fourth-order valence-corrected chi connectivity index (χ4v) is 2.58. The maximum Gasteiger partial charge on any atom is 0.274 e. The summed E-state index contributed by atoms with van der Waals surface area (Å²) in [5, 5.41) is 3.20. The number of carbonyl (C=O) groups excluding carboxylic acids is 1. The van der Waals surface area contributed by atoms with Crippen LogP contribution in [0.4, 0.5) is 5.82 Å². The molecular formula is C19H26N4O2. The first-order valence-corrected chi connectivity index (χ1v) is 8.66. The summed E-state index contributed by atoms with van der Waals surface area (Å²) in [6.45, 7) is 6.17. The third-order valence-electron chi connectivity index (χ3n) is 3.80. The van der Waals surface area contributed by atoms with Gasteiger partial charge in [-0.25, -0.2) is 9.97 Å². The Morgan fingerprint density at radius 3 is 2.44 bits per heavy atom. The number of aromatic nitrogens is 2. The van der Waals surface area contributed by atoms with Crippen molar-refractivity contribution in [2.24, 2.45) is 0 Å². The molecule has 2 aromatic rings. The zero-order valence-corrected chi connectivity index (χ0v) is 15.2. The van der Waals surface area contributed by atoms with Crippen molar-refractivity contribution >= 4 is 11.7 Å². The van der Waals surface area contributed by atoms with Crippen LogP contribution in [0.3, 0.4) is 0 Å². The number of para-hydroxylation sites is 1. The van der Waals surface area contributed by atoms with E-state index in [1.807, 2.05) is 29.2 Å². The molecule has 1 N–H and O–H groups in total. The Hall–Kier alpha value is -2.63. The minimum Gasteiger partial charge on any atom is -0.496 e. The van der Waals surface area contributed by atoms with Gasteiger partial charge in [0.2, 0.25) is 0 Å². The minimum atomic E-state index is -0.0625. The molecule has 0 fully saturated rings. The van der Waals surface area contributed by atoms with Gasteiger partial charge in [0, 0.05) is 25.2 Å². The second-order valence-electron chi connectivity index (χ2n) is 5.74. The summed E-state index contributed by atoms with van der Waals surface area (Å²) in [4.78, 5) is 22.9. The van der Waals surface area contributed by atoms with Gasteiger partial charge in [-0.2, -0.15) is 0 Å².